The molecule has 3 atom stereocenters. The molecule has 0 N–H and O–H groups in total. The van der Waals surface area contributed by atoms with Crippen molar-refractivity contribution in [2.45, 2.75) is 58.7 Å². The lowest BCUT2D eigenvalue weighted by Gasteiger charge is -2.34. The largest absolute Gasteiger partial charge is 0.493 e. The van der Waals surface area contributed by atoms with Crippen molar-refractivity contribution < 1.29 is 18.3 Å². The minimum Gasteiger partial charge on any atom is -0.493 e. The zero-order chi connectivity index (χ0) is 37.5. The van der Waals surface area contributed by atoms with E-state index in [1.54, 1.807) is 26.6 Å². The van der Waals surface area contributed by atoms with Gasteiger partial charge in [0.05, 0.1) is 31.5 Å². The Labute approximate surface area is 309 Å². The fourth-order valence-corrected chi connectivity index (χ4v) is 7.17. The lowest BCUT2D eigenvalue weighted by Crippen LogP contribution is -2.44. The molecule has 2 aliphatic rings. The quantitative estimate of drug-likeness (QED) is 0.157. The molecule has 4 heterocycles. The molecule has 0 radical (unpaired) electrons. The first kappa shape index (κ1) is 37.9. The van der Waals surface area contributed by atoms with Crippen molar-refractivity contribution in [3.63, 3.8) is 0 Å². The number of aromatic nitrogens is 6. The van der Waals surface area contributed by atoms with Crippen LogP contribution >= 0.6 is 0 Å². The molecule has 53 heavy (non-hydrogen) atoms. The number of halogens is 2. The molecular weight excluding hydrogens is 678 g/mol. The molecule has 7 rings (SSSR count). The van der Waals surface area contributed by atoms with Crippen LogP contribution in [0.3, 0.4) is 0 Å². The van der Waals surface area contributed by atoms with Crippen molar-refractivity contribution in [3.05, 3.63) is 119 Å². The molecule has 11 nitrogen and oxygen atoms in total. The number of aryl methyl sites for hydroxylation is 1. The predicted molar refractivity (Wildman–Crippen MR) is 200 cm³/mol. The Morgan fingerprint density at radius 3 is 2.30 bits per heavy atom. The van der Waals surface area contributed by atoms with Crippen LogP contribution in [0.5, 0.6) is 5.75 Å². The third-order valence-corrected chi connectivity index (χ3v) is 10.2. The summed E-state index contributed by atoms with van der Waals surface area (Å²) in [6.45, 7) is 13.8. The third kappa shape index (κ3) is 9.02. The van der Waals surface area contributed by atoms with E-state index in [2.05, 4.69) is 64.9 Å². The van der Waals surface area contributed by atoms with Crippen molar-refractivity contribution in [2.75, 3.05) is 51.3 Å². The summed E-state index contributed by atoms with van der Waals surface area (Å²) in [6, 6.07) is 19.8. The Morgan fingerprint density at radius 2 is 1.66 bits per heavy atom. The molecule has 3 aromatic carbocycles. The van der Waals surface area contributed by atoms with Gasteiger partial charge >= 0.3 is 5.69 Å². The Morgan fingerprint density at radius 1 is 0.943 bits per heavy atom. The van der Waals surface area contributed by atoms with Gasteiger partial charge in [-0.15, -0.1) is 0 Å². The number of likely N-dealkylation sites (N-methyl/N-ethyl adjacent to an activating group) is 1. The third-order valence-electron chi connectivity index (χ3n) is 10.2. The van der Waals surface area contributed by atoms with Gasteiger partial charge in [-0.1, -0.05) is 44.5 Å². The standard InChI is InChI=1S/C21H21F2N3O2.C19H29N5O/c1-15-2-5-18(6-3-15)27-10-16-9-21(28-11-16,12-26-14-24-13-25-26)19-7-4-17(22)8-20(19)23;1-5-18(15(2)3)24-19(25)23(14-20-24)17-8-6-16(7-9-17)22-12-10-21(4)11-13-22/h2-8,13-14,16H,9-12H2,1H3;6-9,14-15,18H,5,10-13H2,1-4H3/t16-,21+;18-/m10/s1. The molecule has 5 aromatic rings. The van der Waals surface area contributed by atoms with E-state index in [-0.39, 0.29) is 24.2 Å². The van der Waals surface area contributed by atoms with Crippen molar-refractivity contribution in [1.29, 1.82) is 0 Å². The maximum Gasteiger partial charge on any atom is 0.350 e. The van der Waals surface area contributed by atoms with Crippen molar-refractivity contribution in [2.24, 2.45) is 11.8 Å². The summed E-state index contributed by atoms with van der Waals surface area (Å²) < 4.78 is 44.9. The van der Waals surface area contributed by atoms with E-state index >= 15 is 0 Å². The van der Waals surface area contributed by atoms with Crippen LogP contribution in [0.1, 0.15) is 50.8 Å². The van der Waals surface area contributed by atoms with Gasteiger partial charge in [0.25, 0.3) is 0 Å². The monoisotopic (exact) mass is 728 g/mol. The molecule has 282 valence electrons. The van der Waals surface area contributed by atoms with Gasteiger partial charge in [-0.3, -0.25) is 0 Å². The number of ether oxygens (including phenoxy) is 2. The molecule has 0 aliphatic carbocycles. The second-order valence-corrected chi connectivity index (χ2v) is 14.5. The number of hydrogen-bond acceptors (Lipinski definition) is 8. The summed E-state index contributed by atoms with van der Waals surface area (Å²) >= 11 is 0. The molecule has 0 saturated carbocycles. The van der Waals surface area contributed by atoms with Crippen LogP contribution in [-0.2, 0) is 16.9 Å². The first-order valence-electron chi connectivity index (χ1n) is 18.4. The van der Waals surface area contributed by atoms with Gasteiger partial charge in [0.1, 0.15) is 42.0 Å². The molecule has 0 unspecified atom stereocenters. The van der Waals surface area contributed by atoms with Gasteiger partial charge in [0.15, 0.2) is 0 Å². The van der Waals surface area contributed by atoms with E-state index in [4.69, 9.17) is 9.47 Å². The molecular formula is C40H50F2N8O3. The van der Waals surface area contributed by atoms with Crippen LogP contribution in [-0.4, -0.2) is 80.5 Å². The highest BCUT2D eigenvalue weighted by molar-refractivity contribution is 5.51. The van der Waals surface area contributed by atoms with E-state index < -0.39 is 17.2 Å². The smallest absolute Gasteiger partial charge is 0.350 e. The van der Waals surface area contributed by atoms with Crippen LogP contribution in [0.2, 0.25) is 0 Å². The molecule has 2 saturated heterocycles. The van der Waals surface area contributed by atoms with Crippen LogP contribution in [0, 0.1) is 30.4 Å². The van der Waals surface area contributed by atoms with E-state index in [0.717, 1.165) is 55.7 Å². The lowest BCUT2D eigenvalue weighted by atomic mass is 9.87. The highest BCUT2D eigenvalue weighted by atomic mass is 19.1. The molecule has 0 spiro atoms. The minimum absolute atomic E-state index is 0.0621. The molecule has 2 aliphatic heterocycles. The summed E-state index contributed by atoms with van der Waals surface area (Å²) in [5.41, 5.74) is 2.55. The topological polar surface area (TPSA) is 95.5 Å². The van der Waals surface area contributed by atoms with E-state index in [1.165, 1.54) is 24.1 Å². The van der Waals surface area contributed by atoms with Crippen LogP contribution in [0.15, 0.2) is 90.5 Å². The number of hydrogen-bond donors (Lipinski definition) is 0. The SMILES string of the molecule is CC[C@@H](C(C)C)n1ncn(-c2ccc(N3CCN(C)CC3)cc2)c1=O.Cc1ccc(OC[C@@H]2CO[C@@](Cn3cncn3)(c3ccc(F)cc3F)C2)cc1. The molecule has 13 heteroatoms. The maximum atomic E-state index is 14.6. The van der Waals surface area contributed by atoms with Gasteiger partial charge < -0.3 is 19.3 Å². The predicted octanol–water partition coefficient (Wildman–Crippen LogP) is 6.27. The summed E-state index contributed by atoms with van der Waals surface area (Å²) in [5, 5.41) is 8.48. The van der Waals surface area contributed by atoms with Gasteiger partial charge in [0, 0.05) is 49.4 Å². The number of anilines is 1. The average Bonchev–Trinajstić information content (AvgIpc) is 3.91. The number of rotatable bonds is 11. The number of benzene rings is 3. The zero-order valence-electron chi connectivity index (χ0n) is 31.2. The molecule has 0 amide bonds. The first-order chi connectivity index (χ1) is 25.5. The van der Waals surface area contributed by atoms with Crippen LogP contribution in [0.25, 0.3) is 5.69 Å². The van der Waals surface area contributed by atoms with Crippen LogP contribution in [0.4, 0.5) is 14.5 Å². The Bertz CT molecular complexity index is 1960. The highest BCUT2D eigenvalue weighted by Gasteiger charge is 2.44. The van der Waals surface area contributed by atoms with E-state index in [0.29, 0.717) is 31.1 Å². The summed E-state index contributed by atoms with van der Waals surface area (Å²) in [4.78, 5) is 21.4. The highest BCUT2D eigenvalue weighted by Crippen LogP contribution is 2.42. The van der Waals surface area contributed by atoms with Gasteiger partial charge in [-0.25, -0.2) is 32.5 Å². The van der Waals surface area contributed by atoms with Crippen molar-refractivity contribution in [1.82, 2.24) is 34.0 Å². The Hall–Kier alpha value is -4.88. The summed E-state index contributed by atoms with van der Waals surface area (Å²) in [6.07, 6.45) is 6.04. The molecule has 2 fully saturated rings. The van der Waals surface area contributed by atoms with Gasteiger partial charge in [0.2, 0.25) is 0 Å². The maximum absolute atomic E-state index is 14.6. The Kier molecular flexibility index (Phi) is 12.0. The summed E-state index contributed by atoms with van der Waals surface area (Å²) in [7, 11) is 2.16. The average molecular weight is 729 g/mol. The fraction of sp³-hybridized carbons (Fsp3) is 0.450. The molecule has 0 bridgehead atoms. The number of piperazine rings is 1. The minimum atomic E-state index is -0.952. The second kappa shape index (κ2) is 16.9. The zero-order valence-corrected chi connectivity index (χ0v) is 31.2. The number of nitrogens with zero attached hydrogens (tertiary/aromatic N) is 8. The van der Waals surface area contributed by atoms with Crippen molar-refractivity contribution in [3.8, 4) is 11.4 Å². The second-order valence-electron chi connectivity index (χ2n) is 14.5. The lowest BCUT2D eigenvalue weighted by molar-refractivity contribution is -0.0206. The first-order valence-corrected chi connectivity index (χ1v) is 18.4. The van der Waals surface area contributed by atoms with Gasteiger partial charge in [-0.2, -0.15) is 10.2 Å². The van der Waals surface area contributed by atoms with Crippen LogP contribution < -0.4 is 15.3 Å². The van der Waals surface area contributed by atoms with E-state index in [9.17, 15) is 13.6 Å². The van der Waals surface area contributed by atoms with E-state index in [1.807, 2.05) is 43.3 Å². The Balaban J connectivity index is 0.000000183. The van der Waals surface area contributed by atoms with Crippen molar-refractivity contribution >= 4 is 5.69 Å². The summed E-state index contributed by atoms with van der Waals surface area (Å²) in [5.74, 6) is -0.0121. The normalized spacial score (nSPS) is 19.6. The molecule has 2 aromatic heterocycles. The fourth-order valence-electron chi connectivity index (χ4n) is 7.17. The van der Waals surface area contributed by atoms with Gasteiger partial charge in [-0.05, 0) is 75.2 Å².